The molecule has 0 bridgehead atoms. The second-order valence-corrected chi connectivity index (χ2v) is 8.72. The molecule has 0 aliphatic carbocycles. The van der Waals surface area contributed by atoms with E-state index in [9.17, 15) is 8.42 Å². The summed E-state index contributed by atoms with van der Waals surface area (Å²) in [6, 6.07) is 15.9. The minimum Gasteiger partial charge on any atom is -0.383 e. The van der Waals surface area contributed by atoms with Crippen molar-refractivity contribution in [3.05, 3.63) is 71.4 Å². The predicted octanol–water partition coefficient (Wildman–Crippen LogP) is 3.09. The van der Waals surface area contributed by atoms with Crippen molar-refractivity contribution in [2.24, 2.45) is 0 Å². The van der Waals surface area contributed by atoms with Crippen molar-refractivity contribution < 1.29 is 8.42 Å². The van der Waals surface area contributed by atoms with Gasteiger partial charge in [0, 0.05) is 17.8 Å². The number of hydrogen-bond acceptors (Lipinski definition) is 6. The van der Waals surface area contributed by atoms with Crippen molar-refractivity contribution >= 4 is 27.5 Å². The summed E-state index contributed by atoms with van der Waals surface area (Å²) in [6.07, 6.45) is 1.10. The van der Waals surface area contributed by atoms with Crippen LogP contribution in [0, 0.1) is 13.8 Å². The maximum Gasteiger partial charge on any atom is 0.264 e. The Balaban J connectivity index is 1.87. The fourth-order valence-corrected chi connectivity index (χ4v) is 4.67. The van der Waals surface area contributed by atoms with Crippen LogP contribution in [-0.2, 0) is 16.4 Å². The second kappa shape index (κ2) is 8.48. The number of benzene rings is 2. The molecule has 29 heavy (non-hydrogen) atoms. The third-order valence-corrected chi connectivity index (χ3v) is 6.55. The molecule has 0 atom stereocenters. The van der Waals surface area contributed by atoms with E-state index in [2.05, 4.69) is 9.97 Å². The van der Waals surface area contributed by atoms with E-state index in [0.717, 1.165) is 11.1 Å². The summed E-state index contributed by atoms with van der Waals surface area (Å²) < 4.78 is 28.1. The van der Waals surface area contributed by atoms with Gasteiger partial charge in [0.05, 0.1) is 10.6 Å². The summed E-state index contributed by atoms with van der Waals surface area (Å²) in [5, 5.41) is 0. The number of nitrogens with two attached hydrogens (primary N) is 2. The average Bonchev–Trinajstić information content (AvgIpc) is 2.67. The smallest absolute Gasteiger partial charge is 0.264 e. The highest BCUT2D eigenvalue weighted by Crippen LogP contribution is 2.25. The van der Waals surface area contributed by atoms with E-state index in [-0.39, 0.29) is 10.8 Å². The molecule has 4 N–H and O–H groups in total. The number of aryl methyl sites for hydroxylation is 2. The summed E-state index contributed by atoms with van der Waals surface area (Å²) in [5.74, 6) is 0.472. The Kier molecular flexibility index (Phi) is 6.03. The van der Waals surface area contributed by atoms with E-state index in [0.29, 0.717) is 36.6 Å². The highest BCUT2D eigenvalue weighted by molar-refractivity contribution is 7.92. The molecule has 3 rings (SSSR count). The van der Waals surface area contributed by atoms with Crippen LogP contribution < -0.4 is 15.8 Å². The van der Waals surface area contributed by atoms with Crippen LogP contribution in [0.1, 0.15) is 23.2 Å². The fraction of sp³-hybridized carbons (Fsp3) is 0.238. The Hall–Kier alpha value is -3.13. The first-order chi connectivity index (χ1) is 13.8. The number of para-hydroxylation sites is 1. The SMILES string of the molecule is Cc1ccc(S(=O)(=O)N(CCCc2c(C)nc(N)nc2N)c2ccccc2)cc1. The van der Waals surface area contributed by atoms with Gasteiger partial charge in [0.1, 0.15) is 5.82 Å². The van der Waals surface area contributed by atoms with Gasteiger partial charge in [-0.2, -0.15) is 4.98 Å². The number of rotatable bonds is 7. The lowest BCUT2D eigenvalue weighted by Crippen LogP contribution is -2.32. The molecule has 3 aromatic rings. The third kappa shape index (κ3) is 4.65. The van der Waals surface area contributed by atoms with Gasteiger partial charge in [0.25, 0.3) is 10.0 Å². The second-order valence-electron chi connectivity index (χ2n) is 6.86. The minimum atomic E-state index is -3.70. The zero-order valence-electron chi connectivity index (χ0n) is 16.5. The number of nitrogen functional groups attached to an aromatic ring is 2. The largest absolute Gasteiger partial charge is 0.383 e. The third-order valence-electron chi connectivity index (χ3n) is 4.70. The van der Waals surface area contributed by atoms with Crippen molar-refractivity contribution in [1.82, 2.24) is 9.97 Å². The molecule has 0 fully saturated rings. The molecule has 0 spiro atoms. The zero-order chi connectivity index (χ0) is 21.0. The van der Waals surface area contributed by atoms with E-state index in [4.69, 9.17) is 11.5 Å². The van der Waals surface area contributed by atoms with Gasteiger partial charge in [-0.1, -0.05) is 35.9 Å². The molecular weight excluding hydrogens is 386 g/mol. The van der Waals surface area contributed by atoms with Gasteiger partial charge in [-0.15, -0.1) is 0 Å². The first-order valence-electron chi connectivity index (χ1n) is 9.32. The summed E-state index contributed by atoms with van der Waals surface area (Å²) in [7, 11) is -3.70. The lowest BCUT2D eigenvalue weighted by atomic mass is 10.1. The molecule has 0 saturated heterocycles. The van der Waals surface area contributed by atoms with Crippen LogP contribution in [-0.4, -0.2) is 24.9 Å². The lowest BCUT2D eigenvalue weighted by Gasteiger charge is -2.25. The summed E-state index contributed by atoms with van der Waals surface area (Å²) in [5.41, 5.74) is 14.7. The highest BCUT2D eigenvalue weighted by Gasteiger charge is 2.24. The highest BCUT2D eigenvalue weighted by atomic mass is 32.2. The van der Waals surface area contributed by atoms with Crippen molar-refractivity contribution in [2.45, 2.75) is 31.6 Å². The number of nitrogens with zero attached hydrogens (tertiary/aromatic N) is 3. The summed E-state index contributed by atoms with van der Waals surface area (Å²) in [6.45, 7) is 4.04. The first kappa shape index (κ1) is 20.6. The Bertz CT molecular complexity index is 1060. The molecule has 1 heterocycles. The van der Waals surface area contributed by atoms with Crippen LogP contribution in [0.4, 0.5) is 17.5 Å². The minimum absolute atomic E-state index is 0.136. The van der Waals surface area contributed by atoms with Crippen LogP contribution in [0.2, 0.25) is 0 Å². The molecule has 0 radical (unpaired) electrons. The molecule has 0 aliphatic rings. The van der Waals surface area contributed by atoms with Gasteiger partial charge in [-0.05, 0) is 51.0 Å². The van der Waals surface area contributed by atoms with Crippen LogP contribution in [0.15, 0.2) is 59.5 Å². The molecule has 0 aliphatic heterocycles. The molecule has 1 aromatic heterocycles. The van der Waals surface area contributed by atoms with Crippen molar-refractivity contribution in [1.29, 1.82) is 0 Å². The fourth-order valence-electron chi connectivity index (χ4n) is 3.17. The maximum absolute atomic E-state index is 13.3. The van der Waals surface area contributed by atoms with Crippen LogP contribution in [0.25, 0.3) is 0 Å². The lowest BCUT2D eigenvalue weighted by molar-refractivity contribution is 0.589. The molecule has 7 nitrogen and oxygen atoms in total. The molecule has 152 valence electrons. The summed E-state index contributed by atoms with van der Waals surface area (Å²) in [4.78, 5) is 8.42. The molecule has 2 aromatic carbocycles. The Morgan fingerprint density at radius 3 is 2.21 bits per heavy atom. The van der Waals surface area contributed by atoms with E-state index in [1.807, 2.05) is 32.0 Å². The monoisotopic (exact) mass is 411 g/mol. The Morgan fingerprint density at radius 2 is 1.59 bits per heavy atom. The topological polar surface area (TPSA) is 115 Å². The Labute approximate surface area is 171 Å². The molecule has 0 amide bonds. The predicted molar refractivity (Wildman–Crippen MR) is 116 cm³/mol. The summed E-state index contributed by atoms with van der Waals surface area (Å²) >= 11 is 0. The molecule has 8 heteroatoms. The quantitative estimate of drug-likeness (QED) is 0.617. The first-order valence-corrected chi connectivity index (χ1v) is 10.8. The van der Waals surface area contributed by atoms with Gasteiger partial charge >= 0.3 is 0 Å². The van der Waals surface area contributed by atoms with E-state index >= 15 is 0 Å². The van der Waals surface area contributed by atoms with Gasteiger partial charge in [0.2, 0.25) is 5.95 Å². The van der Waals surface area contributed by atoms with Gasteiger partial charge in [0.15, 0.2) is 0 Å². The molecule has 0 unspecified atom stereocenters. The molecule has 0 saturated carbocycles. The van der Waals surface area contributed by atoms with Crippen LogP contribution >= 0.6 is 0 Å². The van der Waals surface area contributed by atoms with E-state index in [1.165, 1.54) is 4.31 Å². The van der Waals surface area contributed by atoms with Crippen molar-refractivity contribution in [3.63, 3.8) is 0 Å². The van der Waals surface area contributed by atoms with Crippen molar-refractivity contribution in [3.8, 4) is 0 Å². The van der Waals surface area contributed by atoms with Crippen LogP contribution in [0.5, 0.6) is 0 Å². The van der Waals surface area contributed by atoms with E-state index < -0.39 is 10.0 Å². The standard InChI is InChI=1S/C21H25N5O2S/c1-15-10-12-18(13-11-15)29(27,28)26(17-7-4-3-5-8-17)14-6-9-19-16(2)24-21(23)25-20(19)22/h3-5,7-8,10-13H,6,9,14H2,1-2H3,(H4,22,23,24,25). The number of sulfonamides is 1. The Morgan fingerprint density at radius 1 is 0.931 bits per heavy atom. The van der Waals surface area contributed by atoms with Gasteiger partial charge in [-0.3, -0.25) is 4.31 Å². The number of anilines is 3. The van der Waals surface area contributed by atoms with E-state index in [1.54, 1.807) is 36.4 Å². The number of hydrogen-bond donors (Lipinski definition) is 2. The zero-order valence-corrected chi connectivity index (χ0v) is 17.4. The van der Waals surface area contributed by atoms with Crippen molar-refractivity contribution in [2.75, 3.05) is 22.3 Å². The normalized spacial score (nSPS) is 11.4. The average molecular weight is 412 g/mol. The molecular formula is C21H25N5O2S. The van der Waals surface area contributed by atoms with Gasteiger partial charge in [-0.25, -0.2) is 13.4 Å². The maximum atomic E-state index is 13.3. The van der Waals surface area contributed by atoms with Crippen LogP contribution in [0.3, 0.4) is 0 Å². The van der Waals surface area contributed by atoms with Gasteiger partial charge < -0.3 is 11.5 Å². The number of aromatic nitrogens is 2.